The van der Waals surface area contributed by atoms with Gasteiger partial charge < -0.3 is 0 Å². The quantitative estimate of drug-likeness (QED) is 0.648. The fraction of sp³-hybridized carbons (Fsp3) is 0.250. The monoisotopic (exact) mass is 195 g/mol. The van der Waals surface area contributed by atoms with Crippen LogP contribution in [-0.4, -0.2) is 27.0 Å². The number of hydrogen-bond acceptors (Lipinski definition) is 3. The van der Waals surface area contributed by atoms with Crippen LogP contribution in [0.5, 0.6) is 0 Å². The van der Waals surface area contributed by atoms with Crippen molar-refractivity contribution in [2.24, 2.45) is 0 Å². The second kappa shape index (κ2) is 4.58. The van der Waals surface area contributed by atoms with Crippen LogP contribution in [-0.2, 0) is 11.0 Å². The van der Waals surface area contributed by atoms with Gasteiger partial charge in [0.15, 0.2) is 0 Å². The van der Waals surface area contributed by atoms with Crippen molar-refractivity contribution in [1.29, 1.82) is 0 Å². The highest BCUT2D eigenvalue weighted by Crippen LogP contribution is 2.08. The normalized spacial score (nSPS) is 11.7. The Morgan fingerprint density at radius 3 is 3.00 bits per heavy atom. The first kappa shape index (κ1) is 9.68. The van der Waals surface area contributed by atoms with Gasteiger partial charge in [0.25, 0.3) is 0 Å². The van der Waals surface area contributed by atoms with E-state index < -0.39 is 11.0 Å². The molecule has 13 heavy (non-hydrogen) atoms. The molecule has 1 aromatic rings. The summed E-state index contributed by atoms with van der Waals surface area (Å²) in [7, 11) is -1.15. The third kappa shape index (κ3) is 2.53. The summed E-state index contributed by atoms with van der Waals surface area (Å²) >= 11 is 0. The van der Waals surface area contributed by atoms with Gasteiger partial charge in [-0.25, -0.2) is 14.2 Å². The molecule has 0 saturated heterocycles. The van der Waals surface area contributed by atoms with Crippen molar-refractivity contribution in [3.63, 3.8) is 0 Å². The lowest BCUT2D eigenvalue weighted by molar-refractivity contribution is 0.684. The van der Waals surface area contributed by atoms with Gasteiger partial charge in [-0.2, -0.15) is 0 Å². The molecule has 5 heteroatoms. The maximum absolute atomic E-state index is 11.2. The zero-order valence-corrected chi connectivity index (χ0v) is 7.99. The molecule has 1 rings (SSSR count). The van der Waals surface area contributed by atoms with E-state index in [0.29, 0.717) is 5.82 Å². The summed E-state index contributed by atoms with van der Waals surface area (Å²) in [4.78, 5) is 7.70. The molecule has 0 aromatic carbocycles. The van der Waals surface area contributed by atoms with Crippen LogP contribution >= 0.6 is 0 Å². The molecule has 0 amide bonds. The van der Waals surface area contributed by atoms with Gasteiger partial charge in [-0.3, -0.25) is 4.31 Å². The lowest BCUT2D eigenvalue weighted by Gasteiger charge is -2.16. The Labute approximate surface area is 79.6 Å². The minimum atomic E-state index is -1.15. The van der Waals surface area contributed by atoms with E-state index in [1.165, 1.54) is 10.6 Å². The molecule has 0 bridgehead atoms. The molecule has 1 unspecified atom stereocenters. The van der Waals surface area contributed by atoms with Crippen molar-refractivity contribution in [3.05, 3.63) is 18.6 Å². The van der Waals surface area contributed by atoms with Crippen molar-refractivity contribution >= 4 is 16.8 Å². The van der Waals surface area contributed by atoms with E-state index >= 15 is 0 Å². The molecule has 0 radical (unpaired) electrons. The van der Waals surface area contributed by atoms with Crippen LogP contribution in [0, 0.1) is 12.3 Å². The molecule has 0 fully saturated rings. The fourth-order valence-electron chi connectivity index (χ4n) is 0.818. The first-order valence-electron chi connectivity index (χ1n) is 3.56. The van der Waals surface area contributed by atoms with Crippen molar-refractivity contribution in [1.82, 2.24) is 9.97 Å². The lowest BCUT2D eigenvalue weighted by Crippen LogP contribution is -2.25. The molecule has 0 N–H and O–H groups in total. The molecular weight excluding hydrogens is 186 g/mol. The molecular formula is C8H9N3OS. The smallest absolute Gasteiger partial charge is 0.144 e. The Morgan fingerprint density at radius 2 is 2.54 bits per heavy atom. The molecule has 0 spiro atoms. The minimum absolute atomic E-state index is 0.278. The van der Waals surface area contributed by atoms with Crippen molar-refractivity contribution < 1.29 is 4.21 Å². The van der Waals surface area contributed by atoms with Crippen LogP contribution in [0.15, 0.2) is 18.6 Å². The van der Waals surface area contributed by atoms with Crippen molar-refractivity contribution in [2.75, 3.05) is 17.1 Å². The number of hydrogen-bond donors (Lipinski definition) is 0. The number of anilines is 1. The summed E-state index contributed by atoms with van der Waals surface area (Å²) in [6.07, 6.45) is 9.67. The second-order valence-electron chi connectivity index (χ2n) is 2.23. The van der Waals surface area contributed by atoms with E-state index in [1.54, 1.807) is 18.5 Å². The Bertz CT molecular complexity index is 333. The van der Waals surface area contributed by atoms with Crippen LogP contribution in [0.2, 0.25) is 0 Å². The van der Waals surface area contributed by atoms with Gasteiger partial charge in [0, 0.05) is 18.5 Å². The minimum Gasteiger partial charge on any atom is -0.264 e. The Morgan fingerprint density at radius 1 is 1.77 bits per heavy atom. The van der Waals surface area contributed by atoms with Crippen molar-refractivity contribution in [3.8, 4) is 12.3 Å². The molecule has 1 aromatic heterocycles. The molecule has 1 atom stereocenters. The van der Waals surface area contributed by atoms with E-state index in [1.807, 2.05) is 0 Å². The Kier molecular flexibility index (Phi) is 3.41. The number of rotatable bonds is 3. The van der Waals surface area contributed by atoms with E-state index in [2.05, 4.69) is 15.9 Å². The first-order chi connectivity index (χ1) is 6.25. The van der Waals surface area contributed by atoms with Gasteiger partial charge >= 0.3 is 0 Å². The number of nitrogens with zero attached hydrogens (tertiary/aromatic N) is 3. The SMILES string of the molecule is C#CCN(c1ccncn1)S(C)=O. The standard InChI is InChI=1S/C8H9N3OS/c1-3-6-11(13(2)12)8-4-5-9-7-10-8/h1,4-5,7H,6H2,2H3. The van der Waals surface area contributed by atoms with E-state index in [4.69, 9.17) is 6.42 Å². The topological polar surface area (TPSA) is 46.1 Å². The molecule has 0 saturated carbocycles. The van der Waals surface area contributed by atoms with Gasteiger partial charge in [0.2, 0.25) is 0 Å². The Hall–Kier alpha value is -1.41. The number of terminal acetylenes is 1. The average Bonchev–Trinajstić information content (AvgIpc) is 2.15. The molecule has 0 aliphatic heterocycles. The third-order valence-electron chi connectivity index (χ3n) is 1.37. The van der Waals surface area contributed by atoms with Crippen molar-refractivity contribution in [2.45, 2.75) is 0 Å². The summed E-state index contributed by atoms with van der Waals surface area (Å²) in [6, 6.07) is 1.67. The molecule has 1 heterocycles. The van der Waals surface area contributed by atoms with Gasteiger partial charge in [0.05, 0.1) is 6.54 Å². The van der Waals surface area contributed by atoms with Crippen LogP contribution in [0.25, 0.3) is 0 Å². The maximum Gasteiger partial charge on any atom is 0.144 e. The highest BCUT2D eigenvalue weighted by atomic mass is 32.2. The van der Waals surface area contributed by atoms with Crippen LogP contribution in [0.4, 0.5) is 5.82 Å². The summed E-state index contributed by atoms with van der Waals surface area (Å²) < 4.78 is 12.7. The van der Waals surface area contributed by atoms with E-state index in [-0.39, 0.29) is 6.54 Å². The van der Waals surface area contributed by atoms with Gasteiger partial charge in [-0.1, -0.05) is 5.92 Å². The second-order valence-corrected chi connectivity index (χ2v) is 3.52. The third-order valence-corrected chi connectivity index (χ3v) is 2.30. The predicted octanol–water partition coefficient (Wildman–Crippen LogP) is 0.210. The summed E-state index contributed by atoms with van der Waals surface area (Å²) in [6.45, 7) is 0.278. The molecule has 0 aliphatic rings. The van der Waals surface area contributed by atoms with E-state index in [0.717, 1.165) is 0 Å². The molecule has 68 valence electrons. The Balaban J connectivity index is 2.90. The van der Waals surface area contributed by atoms with Gasteiger partial charge in [-0.05, 0) is 0 Å². The van der Waals surface area contributed by atoms with Gasteiger partial charge in [-0.15, -0.1) is 6.42 Å². The first-order valence-corrected chi connectivity index (χ1v) is 5.07. The highest BCUT2D eigenvalue weighted by molar-refractivity contribution is 7.85. The summed E-state index contributed by atoms with van der Waals surface area (Å²) in [5.41, 5.74) is 0. The van der Waals surface area contributed by atoms with Crippen LogP contribution < -0.4 is 4.31 Å². The fourth-order valence-corrected chi connectivity index (χ4v) is 1.45. The van der Waals surface area contributed by atoms with Crippen LogP contribution in [0.1, 0.15) is 0 Å². The zero-order chi connectivity index (χ0) is 9.68. The zero-order valence-electron chi connectivity index (χ0n) is 7.17. The van der Waals surface area contributed by atoms with Crippen LogP contribution in [0.3, 0.4) is 0 Å². The largest absolute Gasteiger partial charge is 0.264 e. The maximum atomic E-state index is 11.2. The van der Waals surface area contributed by atoms with Gasteiger partial charge in [0.1, 0.15) is 23.1 Å². The summed E-state index contributed by atoms with van der Waals surface area (Å²) in [5.74, 6) is 3.00. The average molecular weight is 195 g/mol. The van der Waals surface area contributed by atoms with E-state index in [9.17, 15) is 4.21 Å². The summed E-state index contributed by atoms with van der Waals surface area (Å²) in [5, 5.41) is 0. The number of aromatic nitrogens is 2. The molecule has 4 nitrogen and oxygen atoms in total. The predicted molar refractivity (Wildman–Crippen MR) is 52.3 cm³/mol. The molecule has 0 aliphatic carbocycles. The highest BCUT2D eigenvalue weighted by Gasteiger charge is 2.08. The lowest BCUT2D eigenvalue weighted by atomic mass is 10.5.